The fraction of sp³-hybridized carbons (Fsp3) is 0.250. The normalized spacial score (nSPS) is 12.4. The number of carbonyl (C=O) groups excluding carboxylic acids is 1. The fourth-order valence-corrected chi connectivity index (χ4v) is 2.67. The number of halogens is 3. The quantitative estimate of drug-likeness (QED) is 0.669. The van der Waals surface area contributed by atoms with E-state index >= 15 is 0 Å². The molecule has 1 amide bonds. The van der Waals surface area contributed by atoms with Gasteiger partial charge in [0.1, 0.15) is 17.2 Å². The number of hydrogen-bond acceptors (Lipinski definition) is 5. The number of carbonyl (C=O) groups is 1. The Labute approximate surface area is 164 Å². The van der Waals surface area contributed by atoms with Crippen molar-refractivity contribution < 1.29 is 27.4 Å². The summed E-state index contributed by atoms with van der Waals surface area (Å²) < 4.78 is 46.6. The van der Waals surface area contributed by atoms with Gasteiger partial charge in [0.2, 0.25) is 0 Å². The summed E-state index contributed by atoms with van der Waals surface area (Å²) in [5.74, 6) is 0.0870. The van der Waals surface area contributed by atoms with Gasteiger partial charge in [-0.2, -0.15) is 13.2 Å². The molecule has 0 aliphatic heterocycles. The highest BCUT2D eigenvalue weighted by molar-refractivity contribution is 5.97. The average Bonchev–Trinajstić information content (AvgIpc) is 2.71. The summed E-state index contributed by atoms with van der Waals surface area (Å²) >= 11 is 0. The highest BCUT2D eigenvalue weighted by Gasteiger charge is 2.28. The lowest BCUT2D eigenvalue weighted by molar-refractivity contribution is -0.153. The Hall–Kier alpha value is -3.36. The Kier molecular flexibility index (Phi) is 5.86. The van der Waals surface area contributed by atoms with Crippen molar-refractivity contribution >= 4 is 16.8 Å². The van der Waals surface area contributed by atoms with Crippen LogP contribution in [0.25, 0.3) is 10.9 Å². The molecule has 3 aromatic rings. The van der Waals surface area contributed by atoms with E-state index in [0.717, 1.165) is 5.39 Å². The number of fused-ring (bicyclic) bond motifs is 1. The molecule has 9 heteroatoms. The lowest BCUT2D eigenvalue weighted by Crippen LogP contribution is -2.28. The zero-order valence-corrected chi connectivity index (χ0v) is 15.7. The Bertz CT molecular complexity index is 1010. The number of alkyl halides is 3. The van der Waals surface area contributed by atoms with Crippen LogP contribution in [-0.2, 0) is 0 Å². The van der Waals surface area contributed by atoms with E-state index in [9.17, 15) is 18.0 Å². The second-order valence-electron chi connectivity index (χ2n) is 6.24. The lowest BCUT2D eigenvalue weighted by atomic mass is 10.1. The summed E-state index contributed by atoms with van der Waals surface area (Å²) in [5, 5.41) is 3.55. The number of aromatic nitrogens is 2. The van der Waals surface area contributed by atoms with Gasteiger partial charge in [0.25, 0.3) is 5.91 Å². The van der Waals surface area contributed by atoms with Crippen molar-refractivity contribution in [3.05, 3.63) is 60.0 Å². The van der Waals surface area contributed by atoms with Crippen molar-refractivity contribution in [1.82, 2.24) is 15.3 Å². The van der Waals surface area contributed by atoms with Crippen LogP contribution in [0.2, 0.25) is 0 Å². The number of benzene rings is 1. The molecule has 0 saturated heterocycles. The molecular weight excluding hydrogens is 387 g/mol. The van der Waals surface area contributed by atoms with E-state index in [2.05, 4.69) is 20.0 Å². The van der Waals surface area contributed by atoms with Crippen LogP contribution in [0.3, 0.4) is 0 Å². The highest BCUT2D eigenvalue weighted by Crippen LogP contribution is 2.25. The van der Waals surface area contributed by atoms with Gasteiger partial charge in [0, 0.05) is 11.5 Å². The van der Waals surface area contributed by atoms with Crippen molar-refractivity contribution in [3.63, 3.8) is 0 Å². The standard InChI is InChI=1S/C20H18F3N3O3/c1-12(15-8-7-13(10-24-15)29-11-20(21,22)23)25-19(27)17-9-18(28-2)14-5-3-4-6-16(14)26-17/h3-10,12H,11H2,1-2H3,(H,25,27). The van der Waals surface area contributed by atoms with E-state index in [1.165, 1.54) is 25.4 Å². The first-order valence-electron chi connectivity index (χ1n) is 8.67. The molecule has 1 atom stereocenters. The number of methoxy groups -OCH3 is 1. The molecule has 3 rings (SSSR count). The molecule has 1 N–H and O–H groups in total. The number of hydrogen-bond donors (Lipinski definition) is 1. The van der Waals surface area contributed by atoms with E-state index in [1.54, 1.807) is 19.1 Å². The third kappa shape index (κ3) is 5.13. The number of rotatable bonds is 6. The number of nitrogens with one attached hydrogen (secondary N) is 1. The summed E-state index contributed by atoms with van der Waals surface area (Å²) in [7, 11) is 1.51. The Balaban J connectivity index is 1.71. The summed E-state index contributed by atoms with van der Waals surface area (Å²) in [6, 6.07) is 11.2. The van der Waals surface area contributed by atoms with Gasteiger partial charge >= 0.3 is 6.18 Å². The van der Waals surface area contributed by atoms with E-state index in [4.69, 9.17) is 4.74 Å². The second kappa shape index (κ2) is 8.34. The maximum atomic E-state index is 12.6. The Morgan fingerprint density at radius 3 is 2.62 bits per heavy atom. The van der Waals surface area contributed by atoms with Crippen LogP contribution in [0.5, 0.6) is 11.5 Å². The van der Waals surface area contributed by atoms with Gasteiger partial charge in [-0.15, -0.1) is 0 Å². The zero-order chi connectivity index (χ0) is 21.0. The Morgan fingerprint density at radius 1 is 1.21 bits per heavy atom. The summed E-state index contributed by atoms with van der Waals surface area (Å²) in [6.45, 7) is 0.310. The number of pyridine rings is 2. The molecule has 0 spiro atoms. The number of nitrogens with zero attached hydrogens (tertiary/aromatic N) is 2. The third-order valence-electron chi connectivity index (χ3n) is 4.08. The molecule has 0 bridgehead atoms. The molecule has 2 heterocycles. The largest absolute Gasteiger partial charge is 0.496 e. The van der Waals surface area contributed by atoms with Crippen LogP contribution >= 0.6 is 0 Å². The summed E-state index contributed by atoms with van der Waals surface area (Å²) in [5.41, 5.74) is 1.26. The maximum absolute atomic E-state index is 12.6. The first-order valence-corrected chi connectivity index (χ1v) is 8.67. The lowest BCUT2D eigenvalue weighted by Gasteiger charge is -2.15. The maximum Gasteiger partial charge on any atom is 0.422 e. The zero-order valence-electron chi connectivity index (χ0n) is 15.7. The molecule has 1 aromatic carbocycles. The molecule has 6 nitrogen and oxygen atoms in total. The van der Waals surface area contributed by atoms with E-state index in [0.29, 0.717) is 17.0 Å². The van der Waals surface area contributed by atoms with Crippen molar-refractivity contribution in [3.8, 4) is 11.5 Å². The molecule has 1 unspecified atom stereocenters. The van der Waals surface area contributed by atoms with Gasteiger partial charge in [0.05, 0.1) is 30.6 Å². The molecule has 0 fully saturated rings. The predicted octanol–water partition coefficient (Wildman–Crippen LogP) is 4.07. The Morgan fingerprint density at radius 2 is 1.97 bits per heavy atom. The summed E-state index contributed by atoms with van der Waals surface area (Å²) in [6.07, 6.45) is -3.24. The van der Waals surface area contributed by atoms with Crippen LogP contribution in [0, 0.1) is 0 Å². The van der Waals surface area contributed by atoms with Gasteiger partial charge in [0.15, 0.2) is 6.61 Å². The van der Waals surface area contributed by atoms with E-state index in [-0.39, 0.29) is 11.4 Å². The van der Waals surface area contributed by atoms with E-state index in [1.807, 2.05) is 18.2 Å². The van der Waals surface area contributed by atoms with Crippen LogP contribution in [0.1, 0.15) is 29.1 Å². The van der Waals surface area contributed by atoms with Gasteiger partial charge in [-0.1, -0.05) is 12.1 Å². The minimum absolute atomic E-state index is 0.00877. The van der Waals surface area contributed by atoms with Crippen LogP contribution < -0.4 is 14.8 Å². The third-order valence-corrected chi connectivity index (χ3v) is 4.08. The number of para-hydroxylation sites is 1. The minimum Gasteiger partial charge on any atom is -0.496 e. The van der Waals surface area contributed by atoms with Crippen LogP contribution in [0.4, 0.5) is 13.2 Å². The average molecular weight is 405 g/mol. The second-order valence-corrected chi connectivity index (χ2v) is 6.24. The predicted molar refractivity (Wildman–Crippen MR) is 100.0 cm³/mol. The molecule has 0 aliphatic carbocycles. The van der Waals surface area contributed by atoms with Crippen molar-refractivity contribution in [2.24, 2.45) is 0 Å². The molecule has 29 heavy (non-hydrogen) atoms. The molecule has 152 valence electrons. The number of ether oxygens (including phenoxy) is 2. The minimum atomic E-state index is -4.42. The van der Waals surface area contributed by atoms with Gasteiger partial charge < -0.3 is 14.8 Å². The monoisotopic (exact) mass is 405 g/mol. The molecule has 2 aromatic heterocycles. The molecule has 0 saturated carbocycles. The smallest absolute Gasteiger partial charge is 0.422 e. The fourth-order valence-electron chi connectivity index (χ4n) is 2.67. The first kappa shape index (κ1) is 20.4. The topological polar surface area (TPSA) is 73.3 Å². The van der Waals surface area contributed by atoms with Gasteiger partial charge in [-0.3, -0.25) is 9.78 Å². The van der Waals surface area contributed by atoms with E-state index < -0.39 is 24.7 Å². The molecule has 0 radical (unpaired) electrons. The van der Waals surface area contributed by atoms with Gasteiger partial charge in [-0.25, -0.2) is 4.98 Å². The van der Waals surface area contributed by atoms with Gasteiger partial charge in [-0.05, 0) is 31.2 Å². The SMILES string of the molecule is COc1cc(C(=O)NC(C)c2ccc(OCC(F)(F)F)cn2)nc2ccccc12. The van der Waals surface area contributed by atoms with Crippen molar-refractivity contribution in [1.29, 1.82) is 0 Å². The van der Waals surface area contributed by atoms with Crippen molar-refractivity contribution in [2.45, 2.75) is 19.1 Å². The first-order chi connectivity index (χ1) is 13.8. The number of amides is 1. The van der Waals surface area contributed by atoms with Crippen molar-refractivity contribution in [2.75, 3.05) is 13.7 Å². The van der Waals surface area contributed by atoms with Crippen LogP contribution in [-0.4, -0.2) is 35.8 Å². The molecule has 0 aliphatic rings. The van der Waals surface area contributed by atoms with Crippen LogP contribution in [0.15, 0.2) is 48.7 Å². The summed E-state index contributed by atoms with van der Waals surface area (Å²) in [4.78, 5) is 21.0. The highest BCUT2D eigenvalue weighted by atomic mass is 19.4. The molecular formula is C20H18F3N3O3.